The normalized spacial score (nSPS) is 21.2. The number of halogens is 1. The molecule has 1 atom stereocenters. The van der Waals surface area contributed by atoms with Crippen molar-refractivity contribution in [2.24, 2.45) is 13.0 Å². The maximum absolute atomic E-state index is 13.6. The quantitative estimate of drug-likeness (QED) is 0.183. The highest BCUT2D eigenvalue weighted by atomic mass is 35.5. The van der Waals surface area contributed by atoms with Crippen molar-refractivity contribution < 1.29 is 23.9 Å². The third-order valence-electron chi connectivity index (χ3n) is 11.7. The molecule has 3 amide bonds. The first-order valence-corrected chi connectivity index (χ1v) is 19.3. The average Bonchev–Trinajstić information content (AvgIpc) is 3.71. The largest absolute Gasteiger partial charge is 0.496 e. The molecule has 3 aliphatic rings. The number of piperidine rings is 2. The number of rotatable bonds is 9. The van der Waals surface area contributed by atoms with Crippen molar-refractivity contribution in [3.63, 3.8) is 0 Å². The van der Waals surface area contributed by atoms with Gasteiger partial charge in [-0.3, -0.25) is 38.5 Å². The topological polar surface area (TPSA) is 155 Å². The summed E-state index contributed by atoms with van der Waals surface area (Å²) in [7, 11) is 4.98. The molecule has 15 heteroatoms. The van der Waals surface area contributed by atoms with Gasteiger partial charge in [-0.05, 0) is 94.1 Å². The van der Waals surface area contributed by atoms with Crippen molar-refractivity contribution in [3.05, 3.63) is 75.6 Å². The fourth-order valence-corrected chi connectivity index (χ4v) is 9.08. The van der Waals surface area contributed by atoms with Gasteiger partial charge in [0.1, 0.15) is 17.5 Å². The molecule has 5 aromatic rings. The first-order chi connectivity index (χ1) is 26.6. The number of pyridine rings is 1. The molecule has 0 spiro atoms. The number of nitrogens with one attached hydrogen (secondary N) is 2. The van der Waals surface area contributed by atoms with Crippen LogP contribution in [0, 0.1) is 5.92 Å². The summed E-state index contributed by atoms with van der Waals surface area (Å²) in [6, 6.07) is 8.65. The number of carbonyl (C=O) groups is 3. The van der Waals surface area contributed by atoms with Gasteiger partial charge in [0, 0.05) is 55.6 Å². The number of fused-ring (bicyclic) bond motifs is 2. The highest BCUT2D eigenvalue weighted by Gasteiger charge is 2.34. The standard InChI is InChI=1S/C40H45ClN8O6/c1-46-37-31(49(40(46)53)32-9-11-35(50)44-39(32)52)8-10-33(54-2)36(37)24-12-14-47(15-13-24)21-23-4-6-28(7-5-23)48-22-26-17-30(34(55-3)18-29(26)45-48)43-38(51)25-16-27(41)20-42-19-25/h8,10,16-20,22-24,28,32H,4-7,9,11-15,21H2,1-3H3,(H,43,51)(H,44,50,52). The Balaban J connectivity index is 0.902. The SMILES string of the molecule is COc1cc2nn(C3CCC(CN4CCC(c5c(OC)ccc6c5n(C)c(=O)n6C5CCC(=O)NC5=O)CC4)CC3)cc2cc1NC(=O)c1cncc(Cl)c1. The Bertz CT molecular complexity index is 2350. The van der Waals surface area contributed by atoms with Crippen LogP contribution in [0.5, 0.6) is 11.5 Å². The van der Waals surface area contributed by atoms with Crippen LogP contribution >= 0.6 is 11.6 Å². The van der Waals surface area contributed by atoms with Gasteiger partial charge in [-0.15, -0.1) is 0 Å². The lowest BCUT2D eigenvalue weighted by Gasteiger charge is -2.37. The van der Waals surface area contributed by atoms with Crippen molar-refractivity contribution in [2.45, 2.75) is 69.4 Å². The number of ether oxygens (including phenoxy) is 2. The molecule has 2 aliphatic heterocycles. The van der Waals surface area contributed by atoms with Gasteiger partial charge in [0.15, 0.2) is 0 Å². The van der Waals surface area contributed by atoms with Gasteiger partial charge in [0.05, 0.1) is 53.1 Å². The Kier molecular flexibility index (Phi) is 10.1. The molecule has 2 N–H and O–H groups in total. The number of aryl methyl sites for hydroxylation is 1. The molecule has 8 rings (SSSR count). The Labute approximate surface area is 322 Å². The Morgan fingerprint density at radius 2 is 1.73 bits per heavy atom. The van der Waals surface area contributed by atoms with Crippen molar-refractivity contribution in [3.8, 4) is 11.5 Å². The van der Waals surface area contributed by atoms with E-state index in [-0.39, 0.29) is 29.8 Å². The van der Waals surface area contributed by atoms with Crippen molar-refractivity contribution >= 4 is 56.9 Å². The Morgan fingerprint density at radius 3 is 2.44 bits per heavy atom. The number of carbonyl (C=O) groups excluding carboxylic acids is 3. The van der Waals surface area contributed by atoms with Crippen LogP contribution in [0.1, 0.15) is 85.3 Å². The number of methoxy groups -OCH3 is 2. The van der Waals surface area contributed by atoms with E-state index in [0.29, 0.717) is 45.9 Å². The molecule has 2 aromatic carbocycles. The van der Waals surface area contributed by atoms with Crippen LogP contribution in [0.25, 0.3) is 21.9 Å². The molecule has 1 unspecified atom stereocenters. The molecule has 288 valence electrons. The first-order valence-electron chi connectivity index (χ1n) is 18.9. The van der Waals surface area contributed by atoms with Crippen LogP contribution in [-0.2, 0) is 16.6 Å². The number of amides is 3. The van der Waals surface area contributed by atoms with E-state index in [1.54, 1.807) is 36.5 Å². The summed E-state index contributed by atoms with van der Waals surface area (Å²) in [5.41, 5.74) is 3.96. The van der Waals surface area contributed by atoms with Crippen molar-refractivity contribution in [1.29, 1.82) is 0 Å². The molecule has 55 heavy (non-hydrogen) atoms. The number of aromatic nitrogens is 5. The van der Waals surface area contributed by atoms with Crippen LogP contribution in [0.15, 0.2) is 53.7 Å². The molecule has 1 aliphatic carbocycles. The number of hydrogen-bond acceptors (Lipinski definition) is 9. The van der Waals surface area contributed by atoms with Crippen LogP contribution in [-0.4, -0.2) is 80.4 Å². The lowest BCUT2D eigenvalue weighted by Crippen LogP contribution is -2.44. The zero-order valence-electron chi connectivity index (χ0n) is 31.2. The van der Waals surface area contributed by atoms with Gasteiger partial charge in [0.25, 0.3) is 5.91 Å². The molecule has 5 heterocycles. The van der Waals surface area contributed by atoms with Crippen LogP contribution in [0.2, 0.25) is 5.02 Å². The molecule has 0 bridgehead atoms. The Hall–Kier alpha value is -5.21. The summed E-state index contributed by atoms with van der Waals surface area (Å²) < 4.78 is 16.7. The van der Waals surface area contributed by atoms with Gasteiger partial charge in [-0.25, -0.2) is 4.79 Å². The lowest BCUT2D eigenvalue weighted by molar-refractivity contribution is -0.135. The smallest absolute Gasteiger partial charge is 0.329 e. The number of hydrogen-bond donors (Lipinski definition) is 2. The Morgan fingerprint density at radius 1 is 0.964 bits per heavy atom. The summed E-state index contributed by atoms with van der Waals surface area (Å²) in [4.78, 5) is 57.7. The van der Waals surface area contributed by atoms with Crippen LogP contribution < -0.4 is 25.8 Å². The van der Waals surface area contributed by atoms with Gasteiger partial charge >= 0.3 is 5.69 Å². The second kappa shape index (κ2) is 15.1. The number of imide groups is 1. The monoisotopic (exact) mass is 768 g/mol. The third kappa shape index (κ3) is 7.08. The lowest BCUT2D eigenvalue weighted by atomic mass is 9.84. The second-order valence-corrected chi connectivity index (χ2v) is 15.5. The van der Waals surface area contributed by atoms with E-state index in [4.69, 9.17) is 26.2 Å². The van der Waals surface area contributed by atoms with E-state index in [1.807, 2.05) is 24.3 Å². The average molecular weight is 769 g/mol. The number of benzene rings is 2. The number of likely N-dealkylation sites (tertiary alicyclic amines) is 1. The minimum Gasteiger partial charge on any atom is -0.496 e. The fourth-order valence-electron chi connectivity index (χ4n) is 8.90. The maximum Gasteiger partial charge on any atom is 0.329 e. The van der Waals surface area contributed by atoms with E-state index in [2.05, 4.69) is 31.4 Å². The predicted molar refractivity (Wildman–Crippen MR) is 208 cm³/mol. The zero-order chi connectivity index (χ0) is 38.4. The van der Waals surface area contributed by atoms with E-state index in [0.717, 1.165) is 85.9 Å². The summed E-state index contributed by atoms with van der Waals surface area (Å²) in [5, 5.41) is 11.6. The fraction of sp³-hybridized carbons (Fsp3) is 0.450. The molecule has 0 radical (unpaired) electrons. The molecule has 3 aromatic heterocycles. The first kappa shape index (κ1) is 36.8. The predicted octanol–water partition coefficient (Wildman–Crippen LogP) is 5.60. The molecule has 14 nitrogen and oxygen atoms in total. The van der Waals surface area contributed by atoms with Gasteiger partial charge in [-0.1, -0.05) is 11.6 Å². The molecular formula is C40H45ClN8O6. The van der Waals surface area contributed by atoms with Crippen molar-refractivity contribution in [2.75, 3.05) is 39.2 Å². The maximum atomic E-state index is 13.6. The van der Waals surface area contributed by atoms with Crippen LogP contribution in [0.3, 0.4) is 0 Å². The summed E-state index contributed by atoms with van der Waals surface area (Å²) in [5.74, 6) is 1.01. The molecule has 3 fully saturated rings. The number of imidazole rings is 1. The molecule has 1 saturated carbocycles. The highest BCUT2D eigenvalue weighted by Crippen LogP contribution is 2.41. The van der Waals surface area contributed by atoms with Crippen LogP contribution in [0.4, 0.5) is 5.69 Å². The summed E-state index contributed by atoms with van der Waals surface area (Å²) >= 11 is 6.04. The van der Waals surface area contributed by atoms with Gasteiger partial charge in [0.2, 0.25) is 11.8 Å². The summed E-state index contributed by atoms with van der Waals surface area (Å²) in [6.45, 7) is 2.95. The highest BCUT2D eigenvalue weighted by molar-refractivity contribution is 6.30. The van der Waals surface area contributed by atoms with Gasteiger partial charge < -0.3 is 19.7 Å². The van der Waals surface area contributed by atoms with E-state index in [1.165, 1.54) is 12.4 Å². The van der Waals surface area contributed by atoms with E-state index >= 15 is 0 Å². The molecular weight excluding hydrogens is 724 g/mol. The second-order valence-electron chi connectivity index (χ2n) is 15.0. The number of nitrogens with zero attached hydrogens (tertiary/aromatic N) is 6. The minimum absolute atomic E-state index is 0.198. The van der Waals surface area contributed by atoms with E-state index < -0.39 is 11.9 Å². The minimum atomic E-state index is -0.728. The van der Waals surface area contributed by atoms with Gasteiger partial charge in [-0.2, -0.15) is 5.10 Å². The zero-order valence-corrected chi connectivity index (χ0v) is 32.0. The number of anilines is 1. The third-order valence-corrected chi connectivity index (χ3v) is 12.0. The van der Waals surface area contributed by atoms with Crippen molar-refractivity contribution in [1.82, 2.24) is 34.1 Å². The summed E-state index contributed by atoms with van der Waals surface area (Å²) in [6.07, 6.45) is 11.7. The molecule has 2 saturated heterocycles. The van der Waals surface area contributed by atoms with E-state index in [9.17, 15) is 19.2 Å².